The molecular weight excluding hydrogens is 746 g/mol. The molecule has 3 aromatic carbocycles. The smallest absolute Gasteiger partial charge is 0.303 e. The van der Waals surface area contributed by atoms with Crippen LogP contribution in [0.15, 0.2) is 84.9 Å². The molecule has 57 heavy (non-hydrogen) atoms. The molecule has 0 aliphatic carbocycles. The Hall–Kier alpha value is -5.10. The lowest BCUT2D eigenvalue weighted by molar-refractivity contribution is -0.347. The molecule has 5 rings (SSSR count). The van der Waals surface area contributed by atoms with E-state index in [2.05, 4.69) is 5.32 Å². The lowest BCUT2D eigenvalue weighted by atomic mass is 9.95. The predicted octanol–water partition coefficient (Wildman–Crippen LogP) is 3.00. The molecule has 2 aliphatic rings. The summed E-state index contributed by atoms with van der Waals surface area (Å²) in [5, 5.41) is 14.8. The number of carbonyl (C=O) groups excluding carboxylic acids is 4. The first-order chi connectivity index (χ1) is 27.4. The number of hydrogen-bond donors (Lipinski definition) is 2. The molecular formula is C41H49NO15. The number of carbonyl (C=O) groups is 4. The highest BCUT2D eigenvalue weighted by atomic mass is 16.8. The highest BCUT2D eigenvalue weighted by molar-refractivity contribution is 5.73. The van der Waals surface area contributed by atoms with Gasteiger partial charge < -0.3 is 57.8 Å². The fourth-order valence-electron chi connectivity index (χ4n) is 6.49. The van der Waals surface area contributed by atoms with E-state index in [4.69, 9.17) is 47.4 Å². The number of benzene rings is 3. The van der Waals surface area contributed by atoms with Gasteiger partial charge in [0.05, 0.1) is 33.5 Å². The van der Waals surface area contributed by atoms with Crippen molar-refractivity contribution in [2.45, 2.75) is 102 Å². The molecule has 16 nitrogen and oxygen atoms in total. The fraction of sp³-hybridized carbons (Fsp3) is 0.463. The van der Waals surface area contributed by atoms with Crippen molar-refractivity contribution in [2.75, 3.05) is 20.3 Å². The van der Waals surface area contributed by atoms with Crippen LogP contribution in [0.5, 0.6) is 11.5 Å². The van der Waals surface area contributed by atoms with Gasteiger partial charge in [0, 0.05) is 27.7 Å². The van der Waals surface area contributed by atoms with Gasteiger partial charge in [-0.15, -0.1) is 0 Å². The van der Waals surface area contributed by atoms with Gasteiger partial charge in [0.2, 0.25) is 12.2 Å². The SMILES string of the molecule is COc1ccc(O[C@@H]2O[C@H](COCc3ccccc3)[C@@H](O[C@@H]3O[C@H](COCc4ccccc4)[C@H](OC(C)=O)[C@H](OC(C)=O)[C@H]3OC(C)=O)[C@H](O)[C@H]2NC(C)=O)cc1. The van der Waals surface area contributed by atoms with E-state index in [0.717, 1.165) is 25.0 Å². The van der Waals surface area contributed by atoms with E-state index in [9.17, 15) is 24.3 Å². The van der Waals surface area contributed by atoms with Crippen molar-refractivity contribution in [2.24, 2.45) is 0 Å². The zero-order valence-corrected chi connectivity index (χ0v) is 32.3. The topological polar surface area (TPSA) is 193 Å². The Morgan fingerprint density at radius 3 is 1.60 bits per heavy atom. The first-order valence-corrected chi connectivity index (χ1v) is 18.4. The van der Waals surface area contributed by atoms with E-state index in [1.54, 1.807) is 24.3 Å². The first kappa shape index (κ1) is 43.0. The Morgan fingerprint density at radius 1 is 0.614 bits per heavy atom. The lowest BCUT2D eigenvalue weighted by Gasteiger charge is -2.48. The van der Waals surface area contributed by atoms with Crippen LogP contribution in [-0.2, 0) is 70.3 Å². The Morgan fingerprint density at radius 2 is 1.09 bits per heavy atom. The number of amides is 1. The average Bonchev–Trinajstić information content (AvgIpc) is 3.17. The van der Waals surface area contributed by atoms with Crippen molar-refractivity contribution in [3.05, 3.63) is 96.1 Å². The number of aliphatic hydroxyl groups is 1. The maximum Gasteiger partial charge on any atom is 0.303 e. The van der Waals surface area contributed by atoms with E-state index in [-0.39, 0.29) is 26.4 Å². The monoisotopic (exact) mass is 795 g/mol. The summed E-state index contributed by atoms with van der Waals surface area (Å²) in [5.74, 6) is -1.91. The van der Waals surface area contributed by atoms with Crippen LogP contribution in [-0.4, -0.2) is 111 Å². The van der Waals surface area contributed by atoms with Crippen molar-refractivity contribution < 1.29 is 71.7 Å². The van der Waals surface area contributed by atoms with Crippen molar-refractivity contribution in [3.63, 3.8) is 0 Å². The van der Waals surface area contributed by atoms with Crippen LogP contribution in [0.2, 0.25) is 0 Å². The highest BCUT2D eigenvalue weighted by Crippen LogP contribution is 2.34. The third-order valence-electron chi connectivity index (χ3n) is 8.93. The number of methoxy groups -OCH3 is 1. The summed E-state index contributed by atoms with van der Waals surface area (Å²) in [7, 11) is 1.52. The summed E-state index contributed by atoms with van der Waals surface area (Å²) >= 11 is 0. The maximum absolute atomic E-state index is 12.6. The van der Waals surface area contributed by atoms with Crippen LogP contribution < -0.4 is 14.8 Å². The highest BCUT2D eigenvalue weighted by Gasteiger charge is 2.56. The summed E-state index contributed by atoms with van der Waals surface area (Å²) in [4.78, 5) is 50.1. The first-order valence-electron chi connectivity index (χ1n) is 18.4. The van der Waals surface area contributed by atoms with E-state index >= 15 is 0 Å². The molecule has 2 saturated heterocycles. The van der Waals surface area contributed by atoms with Gasteiger partial charge in [-0.2, -0.15) is 0 Å². The molecule has 16 heteroatoms. The van der Waals surface area contributed by atoms with Gasteiger partial charge in [-0.25, -0.2) is 0 Å². The fourth-order valence-corrected chi connectivity index (χ4v) is 6.49. The second-order valence-corrected chi connectivity index (χ2v) is 13.4. The molecule has 2 aliphatic heterocycles. The van der Waals surface area contributed by atoms with Crippen LogP contribution in [0.3, 0.4) is 0 Å². The second kappa shape index (κ2) is 20.9. The van der Waals surface area contributed by atoms with Crippen molar-refractivity contribution in [1.29, 1.82) is 0 Å². The third-order valence-corrected chi connectivity index (χ3v) is 8.93. The number of ether oxygens (including phenoxy) is 10. The second-order valence-electron chi connectivity index (χ2n) is 13.4. The summed E-state index contributed by atoms with van der Waals surface area (Å²) < 4.78 is 59.7. The summed E-state index contributed by atoms with van der Waals surface area (Å²) in [6, 6.07) is 24.0. The van der Waals surface area contributed by atoms with Gasteiger partial charge in [-0.1, -0.05) is 60.7 Å². The van der Waals surface area contributed by atoms with Gasteiger partial charge in [-0.3, -0.25) is 19.2 Å². The largest absolute Gasteiger partial charge is 0.497 e. The van der Waals surface area contributed by atoms with Crippen LogP contribution in [0.4, 0.5) is 0 Å². The third kappa shape index (κ3) is 12.4. The van der Waals surface area contributed by atoms with Crippen LogP contribution in [0.25, 0.3) is 0 Å². The van der Waals surface area contributed by atoms with Gasteiger partial charge in [-0.05, 0) is 35.4 Å². The number of aliphatic hydroxyl groups excluding tert-OH is 1. The Kier molecular flexibility index (Phi) is 15.8. The number of nitrogens with one attached hydrogen (secondary N) is 1. The summed E-state index contributed by atoms with van der Waals surface area (Å²) in [6.45, 7) is 4.65. The Labute approximate surface area is 330 Å². The molecule has 0 bridgehead atoms. The van der Waals surface area contributed by atoms with E-state index in [1.807, 2.05) is 60.7 Å². The molecule has 0 saturated carbocycles. The molecule has 10 atom stereocenters. The normalized spacial score (nSPS) is 27.1. The van der Waals surface area contributed by atoms with E-state index < -0.39 is 85.2 Å². The number of rotatable bonds is 17. The molecule has 2 N–H and O–H groups in total. The Balaban J connectivity index is 1.48. The van der Waals surface area contributed by atoms with Gasteiger partial charge in [0.1, 0.15) is 42.0 Å². The maximum atomic E-state index is 12.6. The van der Waals surface area contributed by atoms with E-state index in [0.29, 0.717) is 11.5 Å². The number of hydrogen-bond acceptors (Lipinski definition) is 15. The Bertz CT molecular complexity index is 1740. The van der Waals surface area contributed by atoms with Crippen molar-refractivity contribution in [1.82, 2.24) is 5.32 Å². The molecule has 2 heterocycles. The molecule has 0 radical (unpaired) electrons. The van der Waals surface area contributed by atoms with Crippen LogP contribution in [0.1, 0.15) is 38.8 Å². The van der Waals surface area contributed by atoms with Crippen molar-refractivity contribution >= 4 is 23.8 Å². The van der Waals surface area contributed by atoms with Gasteiger partial charge in [0.15, 0.2) is 24.6 Å². The molecule has 1 amide bonds. The molecule has 2 fully saturated rings. The average molecular weight is 796 g/mol. The zero-order valence-electron chi connectivity index (χ0n) is 32.3. The molecule has 0 spiro atoms. The minimum absolute atomic E-state index is 0.147. The van der Waals surface area contributed by atoms with Gasteiger partial charge in [0.25, 0.3) is 0 Å². The minimum atomic E-state index is -1.59. The summed E-state index contributed by atoms with van der Waals surface area (Å²) in [6.07, 6.45) is -12.4. The van der Waals surface area contributed by atoms with Crippen LogP contribution in [0, 0.1) is 0 Å². The van der Waals surface area contributed by atoms with Crippen LogP contribution >= 0.6 is 0 Å². The zero-order chi connectivity index (χ0) is 40.9. The summed E-state index contributed by atoms with van der Waals surface area (Å²) in [5.41, 5.74) is 1.70. The van der Waals surface area contributed by atoms with Gasteiger partial charge >= 0.3 is 17.9 Å². The molecule has 0 aromatic heterocycles. The van der Waals surface area contributed by atoms with E-state index in [1.165, 1.54) is 21.0 Å². The predicted molar refractivity (Wildman–Crippen MR) is 198 cm³/mol. The molecule has 3 aromatic rings. The standard InChI is InChI=1S/C41H49NO15/c1-24(43)42-34-35(47)36(32(22-49-20-28-12-8-6-9-13-28)55-40(34)54-31-18-16-30(48-5)17-19-31)57-41-39(53-27(4)46)38(52-26(3)45)37(51-25(2)44)33(56-41)23-50-21-29-14-10-7-11-15-29/h6-19,32-41,47H,20-23H2,1-5H3,(H,42,43)/t32-,33-,34-,35-,36-,37+,38+,39-,40-,41+/m1/s1. The molecule has 0 unspecified atom stereocenters. The molecule has 308 valence electrons. The minimum Gasteiger partial charge on any atom is -0.497 e. The van der Waals surface area contributed by atoms with Crippen molar-refractivity contribution in [3.8, 4) is 11.5 Å². The lowest BCUT2D eigenvalue weighted by Crippen LogP contribution is -2.69. The number of esters is 3. The quantitative estimate of drug-likeness (QED) is 0.150.